The van der Waals surface area contributed by atoms with Crippen molar-refractivity contribution >= 4 is 17.5 Å². The van der Waals surface area contributed by atoms with Gasteiger partial charge in [0.15, 0.2) is 5.76 Å². The average Bonchev–Trinajstić information content (AvgIpc) is 3.22. The van der Waals surface area contributed by atoms with Crippen molar-refractivity contribution in [1.82, 2.24) is 15.6 Å². The molecule has 0 atom stereocenters. The van der Waals surface area contributed by atoms with Gasteiger partial charge in [-0.05, 0) is 50.9 Å². The van der Waals surface area contributed by atoms with Gasteiger partial charge < -0.3 is 19.2 Å². The number of carbonyl (C=O) groups is 2. The smallest absolute Gasteiger partial charge is 0.287 e. The van der Waals surface area contributed by atoms with Crippen LogP contribution in [0.2, 0.25) is 0 Å². The van der Waals surface area contributed by atoms with Gasteiger partial charge in [-0.1, -0.05) is 6.07 Å². The highest BCUT2D eigenvalue weighted by Gasteiger charge is 2.28. The fraction of sp³-hybridized carbons (Fsp3) is 0.480. The van der Waals surface area contributed by atoms with Gasteiger partial charge in [0, 0.05) is 42.7 Å². The number of benzene rings is 1. The highest BCUT2D eigenvalue weighted by Crippen LogP contribution is 2.30. The van der Waals surface area contributed by atoms with Crippen LogP contribution >= 0.6 is 0 Å². The molecule has 2 N–H and O–H groups in total. The first-order valence-electron chi connectivity index (χ1n) is 11.8. The lowest BCUT2D eigenvalue weighted by molar-refractivity contribution is 0.0374. The van der Waals surface area contributed by atoms with Crippen molar-refractivity contribution < 1.29 is 23.5 Å². The van der Waals surface area contributed by atoms with E-state index in [2.05, 4.69) is 20.7 Å². The highest BCUT2D eigenvalue weighted by atomic mass is 16.5. The molecule has 9 heteroatoms. The summed E-state index contributed by atoms with van der Waals surface area (Å²) in [6.45, 7) is 6.80. The molecule has 0 radical (unpaired) electrons. The third-order valence-electron chi connectivity index (χ3n) is 6.20. The van der Waals surface area contributed by atoms with Gasteiger partial charge in [-0.3, -0.25) is 14.5 Å². The molecule has 1 aliphatic heterocycles. The minimum absolute atomic E-state index is 0.214. The largest absolute Gasteiger partial charge is 0.497 e. The van der Waals surface area contributed by atoms with Gasteiger partial charge in [-0.25, -0.2) is 5.43 Å². The van der Waals surface area contributed by atoms with Gasteiger partial charge in [0.1, 0.15) is 11.5 Å². The first kappa shape index (κ1) is 24.0. The standard InChI is InChI=1S/C25H32N4O5/c1-17-22-20(27-28-24(30)18-6-3-7-19(16-18)32-2)8-4-9-21(22)34-23(17)25(31)26-10-5-11-29-12-14-33-15-13-29/h3,6-7,16H,4-5,8-15H2,1-2H3,(H,26,31)(H,28,30)/b27-20+. The van der Waals surface area contributed by atoms with Gasteiger partial charge in [-0.15, -0.1) is 0 Å². The number of morpholine rings is 1. The Morgan fingerprint density at radius 2 is 2.00 bits per heavy atom. The Kier molecular flexibility index (Phi) is 7.97. The quantitative estimate of drug-likeness (QED) is 0.456. The molecule has 2 aromatic rings. The first-order chi connectivity index (χ1) is 16.6. The maximum atomic E-state index is 12.8. The van der Waals surface area contributed by atoms with Crippen LogP contribution in [0.1, 0.15) is 57.1 Å². The Balaban J connectivity index is 1.38. The van der Waals surface area contributed by atoms with E-state index in [0.717, 1.165) is 74.7 Å². The molecule has 0 bridgehead atoms. The van der Waals surface area contributed by atoms with Crippen molar-refractivity contribution in [2.75, 3.05) is 46.5 Å². The summed E-state index contributed by atoms with van der Waals surface area (Å²) in [6.07, 6.45) is 3.15. The van der Waals surface area contributed by atoms with Gasteiger partial charge in [-0.2, -0.15) is 5.10 Å². The van der Waals surface area contributed by atoms with Crippen LogP contribution < -0.4 is 15.5 Å². The van der Waals surface area contributed by atoms with Gasteiger partial charge in [0.2, 0.25) is 0 Å². The molecule has 1 saturated heterocycles. The normalized spacial score (nSPS) is 17.3. The number of furan rings is 1. The van der Waals surface area contributed by atoms with Crippen LogP contribution in [0.3, 0.4) is 0 Å². The minimum atomic E-state index is -0.321. The van der Waals surface area contributed by atoms with E-state index < -0.39 is 0 Å². The number of hydrogen-bond acceptors (Lipinski definition) is 7. The zero-order chi connectivity index (χ0) is 23.9. The Morgan fingerprint density at radius 1 is 1.18 bits per heavy atom. The third-order valence-corrected chi connectivity index (χ3v) is 6.20. The summed E-state index contributed by atoms with van der Waals surface area (Å²) in [6, 6.07) is 6.90. The van der Waals surface area contributed by atoms with Gasteiger partial charge in [0.25, 0.3) is 11.8 Å². The van der Waals surface area contributed by atoms with Crippen molar-refractivity contribution in [3.8, 4) is 5.75 Å². The van der Waals surface area contributed by atoms with Crippen molar-refractivity contribution in [2.24, 2.45) is 5.10 Å². The van der Waals surface area contributed by atoms with E-state index in [4.69, 9.17) is 13.9 Å². The van der Waals surface area contributed by atoms with Crippen molar-refractivity contribution in [1.29, 1.82) is 0 Å². The van der Waals surface area contributed by atoms with E-state index in [1.165, 1.54) is 0 Å². The van der Waals surface area contributed by atoms with Gasteiger partial charge >= 0.3 is 0 Å². The van der Waals surface area contributed by atoms with Crippen LogP contribution in [-0.4, -0.2) is 68.9 Å². The lowest BCUT2D eigenvalue weighted by atomic mass is 9.93. The predicted octanol–water partition coefficient (Wildman–Crippen LogP) is 2.52. The molecule has 1 aromatic carbocycles. The molecule has 1 fully saturated rings. The molecule has 0 saturated carbocycles. The fourth-order valence-electron chi connectivity index (χ4n) is 4.35. The van der Waals surface area contributed by atoms with Crippen molar-refractivity contribution in [2.45, 2.75) is 32.6 Å². The molecule has 2 heterocycles. The average molecular weight is 469 g/mol. The molecule has 1 aliphatic carbocycles. The maximum Gasteiger partial charge on any atom is 0.287 e. The Labute approximate surface area is 199 Å². The third kappa shape index (κ3) is 5.66. The second-order valence-corrected chi connectivity index (χ2v) is 8.50. The summed E-state index contributed by atoms with van der Waals surface area (Å²) < 4.78 is 16.5. The number of nitrogens with one attached hydrogen (secondary N) is 2. The highest BCUT2D eigenvalue weighted by molar-refractivity contribution is 6.07. The van der Waals surface area contributed by atoms with Crippen LogP contribution in [-0.2, 0) is 11.2 Å². The number of hydrazone groups is 1. The Bertz CT molecular complexity index is 1060. The zero-order valence-corrected chi connectivity index (χ0v) is 19.8. The molecular formula is C25H32N4O5. The van der Waals surface area contributed by atoms with Gasteiger partial charge in [0.05, 0.1) is 26.0 Å². The number of nitrogens with zero attached hydrogens (tertiary/aromatic N) is 2. The number of methoxy groups -OCH3 is 1. The number of aryl methyl sites for hydroxylation is 1. The molecule has 0 spiro atoms. The van der Waals surface area contributed by atoms with E-state index in [1.54, 1.807) is 31.4 Å². The van der Waals surface area contributed by atoms with E-state index in [-0.39, 0.29) is 11.8 Å². The summed E-state index contributed by atoms with van der Waals surface area (Å²) in [4.78, 5) is 27.7. The monoisotopic (exact) mass is 468 g/mol. The zero-order valence-electron chi connectivity index (χ0n) is 19.8. The number of fused-ring (bicyclic) bond motifs is 1. The van der Waals surface area contributed by atoms with E-state index in [0.29, 0.717) is 30.0 Å². The van der Waals surface area contributed by atoms with Crippen molar-refractivity contribution in [3.05, 3.63) is 52.5 Å². The number of rotatable bonds is 8. The number of ether oxygens (including phenoxy) is 2. The van der Waals surface area contributed by atoms with E-state index >= 15 is 0 Å². The van der Waals surface area contributed by atoms with Crippen LogP contribution in [0.5, 0.6) is 5.75 Å². The molecule has 4 rings (SSSR count). The molecule has 0 unspecified atom stereocenters. The summed E-state index contributed by atoms with van der Waals surface area (Å²) in [5, 5.41) is 7.36. The predicted molar refractivity (Wildman–Crippen MR) is 128 cm³/mol. The van der Waals surface area contributed by atoms with Crippen LogP contribution in [0.15, 0.2) is 33.8 Å². The lowest BCUT2D eigenvalue weighted by Crippen LogP contribution is -2.38. The molecular weight excluding hydrogens is 436 g/mol. The molecule has 2 aliphatic rings. The molecule has 1 aromatic heterocycles. The van der Waals surface area contributed by atoms with Crippen LogP contribution in [0.25, 0.3) is 0 Å². The van der Waals surface area contributed by atoms with Crippen LogP contribution in [0, 0.1) is 6.92 Å². The maximum absolute atomic E-state index is 12.8. The minimum Gasteiger partial charge on any atom is -0.497 e. The molecule has 2 amide bonds. The molecule has 182 valence electrons. The van der Waals surface area contributed by atoms with E-state index in [9.17, 15) is 9.59 Å². The Morgan fingerprint density at radius 3 is 2.79 bits per heavy atom. The Hall–Kier alpha value is -3.17. The second kappa shape index (κ2) is 11.3. The SMILES string of the molecule is COc1cccc(C(=O)N/N=C2\CCCc3oc(C(=O)NCCCN4CCOCC4)c(C)c32)c1. The first-order valence-corrected chi connectivity index (χ1v) is 11.8. The summed E-state index contributed by atoms with van der Waals surface area (Å²) in [7, 11) is 1.56. The van der Waals surface area contributed by atoms with E-state index in [1.807, 2.05) is 6.92 Å². The summed E-state index contributed by atoms with van der Waals surface area (Å²) >= 11 is 0. The van der Waals surface area contributed by atoms with Crippen LogP contribution in [0.4, 0.5) is 0 Å². The summed E-state index contributed by atoms with van der Waals surface area (Å²) in [5.41, 5.74) is 5.41. The lowest BCUT2D eigenvalue weighted by Gasteiger charge is -2.26. The molecule has 9 nitrogen and oxygen atoms in total. The number of carbonyl (C=O) groups excluding carboxylic acids is 2. The number of hydrogen-bond donors (Lipinski definition) is 2. The summed E-state index contributed by atoms with van der Waals surface area (Å²) in [5.74, 6) is 1.14. The fourth-order valence-corrected chi connectivity index (χ4v) is 4.35. The van der Waals surface area contributed by atoms with Crippen molar-refractivity contribution in [3.63, 3.8) is 0 Å². The number of amides is 2. The second-order valence-electron chi connectivity index (χ2n) is 8.50. The molecule has 34 heavy (non-hydrogen) atoms. The topological polar surface area (TPSA) is 105 Å².